The van der Waals surface area contributed by atoms with E-state index < -0.39 is 17.9 Å². The van der Waals surface area contributed by atoms with Gasteiger partial charge in [0.15, 0.2) is 0 Å². The van der Waals surface area contributed by atoms with Crippen molar-refractivity contribution in [2.45, 2.75) is 18.8 Å². The number of carbonyl (C=O) groups excluding carboxylic acids is 1. The van der Waals surface area contributed by atoms with E-state index in [2.05, 4.69) is 4.74 Å². The summed E-state index contributed by atoms with van der Waals surface area (Å²) in [5.41, 5.74) is 10.8. The number of ether oxygens (including phenoxy) is 1. The van der Waals surface area contributed by atoms with Crippen LogP contribution in [0.4, 0.5) is 4.79 Å². The predicted molar refractivity (Wildman–Crippen MR) is 54.7 cm³/mol. The van der Waals surface area contributed by atoms with Crippen LogP contribution in [-0.4, -0.2) is 17.2 Å². The zero-order chi connectivity index (χ0) is 11.5. The average Bonchev–Trinajstić information content (AvgIpc) is 2.17. The Morgan fingerprint density at radius 2 is 2.00 bits per heavy atom. The van der Waals surface area contributed by atoms with Gasteiger partial charge in [0, 0.05) is 5.56 Å². The molecule has 1 aromatic carbocycles. The molecule has 5 nitrogen and oxygen atoms in total. The van der Waals surface area contributed by atoms with E-state index in [-0.39, 0.29) is 0 Å². The Bertz CT molecular complexity index is 340. The summed E-state index contributed by atoms with van der Waals surface area (Å²) < 4.78 is 4.65. The molecule has 0 aromatic heterocycles. The van der Waals surface area contributed by atoms with Gasteiger partial charge in [-0.1, -0.05) is 30.3 Å². The third kappa shape index (κ3) is 2.45. The maximum Gasteiger partial charge on any atom is 0.407 e. The third-order valence-electron chi connectivity index (χ3n) is 2.06. The molecule has 0 saturated heterocycles. The number of benzene rings is 1. The van der Waals surface area contributed by atoms with Gasteiger partial charge in [0.2, 0.25) is 0 Å². The normalized spacial score (nSPS) is 16.5. The molecule has 2 atom stereocenters. The molecule has 0 radical (unpaired) electrons. The van der Waals surface area contributed by atoms with Crippen LogP contribution < -0.4 is 11.5 Å². The van der Waals surface area contributed by atoms with Crippen molar-refractivity contribution in [3.63, 3.8) is 0 Å². The lowest BCUT2D eigenvalue weighted by atomic mass is 10.00. The molecule has 1 rings (SSSR count). The molecule has 0 saturated carbocycles. The summed E-state index contributed by atoms with van der Waals surface area (Å²) >= 11 is 0. The van der Waals surface area contributed by atoms with E-state index in [1.165, 1.54) is 6.92 Å². The topological polar surface area (TPSA) is 98.6 Å². The second-order valence-electron chi connectivity index (χ2n) is 3.27. The van der Waals surface area contributed by atoms with Gasteiger partial charge in [-0.3, -0.25) is 0 Å². The highest BCUT2D eigenvalue weighted by molar-refractivity contribution is 5.65. The Hall–Kier alpha value is -1.59. The molecule has 1 amide bonds. The molecule has 0 bridgehead atoms. The number of aliphatic hydroxyl groups is 1. The van der Waals surface area contributed by atoms with E-state index >= 15 is 0 Å². The average molecular weight is 210 g/mol. The fraction of sp³-hybridized carbons (Fsp3) is 0.300. The maximum absolute atomic E-state index is 10.7. The van der Waals surface area contributed by atoms with E-state index in [0.717, 1.165) is 0 Å². The van der Waals surface area contributed by atoms with Crippen LogP contribution in [-0.2, 0) is 10.5 Å². The number of primary amides is 1. The monoisotopic (exact) mass is 210 g/mol. The Balaban J connectivity index is 3.07. The summed E-state index contributed by atoms with van der Waals surface area (Å²) in [6.45, 7) is 1.52. The molecule has 5 heteroatoms. The van der Waals surface area contributed by atoms with E-state index in [9.17, 15) is 9.90 Å². The van der Waals surface area contributed by atoms with Crippen LogP contribution in [0.3, 0.4) is 0 Å². The summed E-state index contributed by atoms with van der Waals surface area (Å²) in [4.78, 5) is 10.7. The first-order chi connectivity index (χ1) is 6.97. The van der Waals surface area contributed by atoms with Crippen molar-refractivity contribution in [1.29, 1.82) is 0 Å². The Morgan fingerprint density at radius 3 is 2.40 bits per heavy atom. The number of amides is 1. The Kier molecular flexibility index (Phi) is 3.28. The SMILES string of the molecule is C[C@@H](N)[C@@](O)(OC(N)=O)c1ccccc1. The van der Waals surface area contributed by atoms with Crippen molar-refractivity contribution in [1.82, 2.24) is 0 Å². The van der Waals surface area contributed by atoms with Gasteiger partial charge in [0.25, 0.3) is 5.79 Å². The molecular weight excluding hydrogens is 196 g/mol. The van der Waals surface area contributed by atoms with Crippen LogP contribution in [0, 0.1) is 0 Å². The summed E-state index contributed by atoms with van der Waals surface area (Å²) in [6.07, 6.45) is -1.07. The standard InChI is InChI=1S/C10H14N2O3/c1-7(11)10(14,15-9(12)13)8-5-3-2-4-6-8/h2-7,14H,11H2,1H3,(H2,12,13)/t7-,10-/m1/s1. The number of hydrogen-bond donors (Lipinski definition) is 3. The number of hydrogen-bond acceptors (Lipinski definition) is 4. The first kappa shape index (κ1) is 11.5. The largest absolute Gasteiger partial charge is 0.411 e. The van der Waals surface area contributed by atoms with Gasteiger partial charge >= 0.3 is 6.09 Å². The zero-order valence-electron chi connectivity index (χ0n) is 8.38. The predicted octanol–water partition coefficient (Wildman–Crippen LogP) is 0.274. The number of nitrogens with two attached hydrogens (primary N) is 2. The number of rotatable bonds is 3. The first-order valence-corrected chi connectivity index (χ1v) is 4.48. The molecule has 15 heavy (non-hydrogen) atoms. The smallest absolute Gasteiger partial charge is 0.407 e. The highest BCUT2D eigenvalue weighted by Gasteiger charge is 2.37. The van der Waals surface area contributed by atoms with Gasteiger partial charge in [-0.2, -0.15) is 0 Å². The van der Waals surface area contributed by atoms with Gasteiger partial charge < -0.3 is 21.3 Å². The minimum absolute atomic E-state index is 0.388. The maximum atomic E-state index is 10.7. The van der Waals surface area contributed by atoms with Crippen LogP contribution in [0.1, 0.15) is 12.5 Å². The quantitative estimate of drug-likeness (QED) is 0.624. The molecule has 0 aliphatic heterocycles. The first-order valence-electron chi connectivity index (χ1n) is 4.48. The lowest BCUT2D eigenvalue weighted by Crippen LogP contribution is -2.48. The van der Waals surface area contributed by atoms with E-state index in [0.29, 0.717) is 5.56 Å². The molecule has 0 unspecified atom stereocenters. The molecule has 82 valence electrons. The highest BCUT2D eigenvalue weighted by atomic mass is 16.7. The molecule has 0 aliphatic carbocycles. The molecule has 1 aromatic rings. The second-order valence-corrected chi connectivity index (χ2v) is 3.27. The Morgan fingerprint density at radius 1 is 1.47 bits per heavy atom. The summed E-state index contributed by atoms with van der Waals surface area (Å²) in [5.74, 6) is -1.88. The van der Waals surface area contributed by atoms with Crippen molar-refractivity contribution < 1.29 is 14.6 Å². The molecule has 5 N–H and O–H groups in total. The second kappa shape index (κ2) is 4.29. The van der Waals surface area contributed by atoms with Crippen LogP contribution in [0.25, 0.3) is 0 Å². The minimum atomic E-state index is -1.88. The van der Waals surface area contributed by atoms with Gasteiger partial charge in [0.05, 0.1) is 6.04 Å². The van der Waals surface area contributed by atoms with Crippen molar-refractivity contribution in [3.05, 3.63) is 35.9 Å². The summed E-state index contributed by atoms with van der Waals surface area (Å²) in [7, 11) is 0. The highest BCUT2D eigenvalue weighted by Crippen LogP contribution is 2.25. The van der Waals surface area contributed by atoms with E-state index in [1.807, 2.05) is 0 Å². The van der Waals surface area contributed by atoms with Gasteiger partial charge in [0.1, 0.15) is 0 Å². The van der Waals surface area contributed by atoms with Crippen LogP contribution in [0.15, 0.2) is 30.3 Å². The van der Waals surface area contributed by atoms with Crippen molar-refractivity contribution in [2.24, 2.45) is 11.5 Å². The zero-order valence-corrected chi connectivity index (χ0v) is 8.38. The number of carbonyl (C=O) groups is 1. The molecule has 0 aliphatic rings. The van der Waals surface area contributed by atoms with Crippen LogP contribution in [0.5, 0.6) is 0 Å². The van der Waals surface area contributed by atoms with E-state index in [4.69, 9.17) is 11.5 Å². The summed E-state index contributed by atoms with van der Waals surface area (Å²) in [6, 6.07) is 7.60. The summed E-state index contributed by atoms with van der Waals surface area (Å²) in [5, 5.41) is 10.1. The van der Waals surface area contributed by atoms with E-state index in [1.54, 1.807) is 30.3 Å². The fourth-order valence-electron chi connectivity index (χ4n) is 1.25. The lowest BCUT2D eigenvalue weighted by molar-refractivity contribution is -0.180. The van der Waals surface area contributed by atoms with Gasteiger partial charge in [-0.25, -0.2) is 4.79 Å². The van der Waals surface area contributed by atoms with Crippen molar-refractivity contribution in [3.8, 4) is 0 Å². The van der Waals surface area contributed by atoms with Crippen molar-refractivity contribution in [2.75, 3.05) is 0 Å². The Labute approximate surface area is 87.6 Å². The molecule has 0 spiro atoms. The molecule has 0 heterocycles. The van der Waals surface area contributed by atoms with Crippen LogP contribution >= 0.6 is 0 Å². The fourth-order valence-corrected chi connectivity index (χ4v) is 1.25. The van der Waals surface area contributed by atoms with Gasteiger partial charge in [-0.05, 0) is 6.92 Å². The molecule has 0 fully saturated rings. The third-order valence-corrected chi connectivity index (χ3v) is 2.06. The minimum Gasteiger partial charge on any atom is -0.411 e. The van der Waals surface area contributed by atoms with Crippen molar-refractivity contribution >= 4 is 6.09 Å². The lowest BCUT2D eigenvalue weighted by Gasteiger charge is -2.30. The molecular formula is C10H14N2O3. The van der Waals surface area contributed by atoms with Crippen LogP contribution in [0.2, 0.25) is 0 Å². The van der Waals surface area contributed by atoms with Gasteiger partial charge in [-0.15, -0.1) is 0 Å².